The van der Waals surface area contributed by atoms with Crippen LogP contribution in [0.2, 0.25) is 4.34 Å². The Kier molecular flexibility index (Phi) is 4.76. The molecule has 0 spiro atoms. The summed E-state index contributed by atoms with van der Waals surface area (Å²) in [7, 11) is 1.53. The first-order valence-electron chi connectivity index (χ1n) is 5.83. The zero-order chi connectivity index (χ0) is 14.5. The average molecular weight is 309 g/mol. The summed E-state index contributed by atoms with van der Waals surface area (Å²) in [6.45, 7) is 1.93. The highest BCUT2D eigenvalue weighted by Crippen LogP contribution is 2.20. The van der Waals surface area contributed by atoms with Gasteiger partial charge >= 0.3 is 0 Å². The molecule has 104 valence electrons. The first kappa shape index (κ1) is 14.6. The van der Waals surface area contributed by atoms with Gasteiger partial charge < -0.3 is 4.74 Å². The number of ether oxygens (including phenoxy) is 1. The molecule has 0 bridgehead atoms. The third-order valence-electron chi connectivity index (χ3n) is 2.55. The molecule has 2 aromatic rings. The quantitative estimate of drug-likeness (QED) is 0.694. The van der Waals surface area contributed by atoms with Gasteiger partial charge in [0.05, 0.1) is 23.2 Å². The van der Waals surface area contributed by atoms with Gasteiger partial charge in [-0.1, -0.05) is 17.7 Å². The number of aryl methyl sites for hydroxylation is 1. The van der Waals surface area contributed by atoms with Crippen LogP contribution in [0.5, 0.6) is 5.75 Å². The summed E-state index contributed by atoms with van der Waals surface area (Å²) in [6.07, 6.45) is 1.55. The van der Waals surface area contributed by atoms with Gasteiger partial charge in [-0.3, -0.25) is 4.79 Å². The summed E-state index contributed by atoms with van der Waals surface area (Å²) >= 11 is 7.19. The van der Waals surface area contributed by atoms with Crippen molar-refractivity contribution < 1.29 is 9.53 Å². The average Bonchev–Trinajstić information content (AvgIpc) is 2.84. The van der Waals surface area contributed by atoms with Gasteiger partial charge in [0, 0.05) is 4.88 Å². The Labute approximate surface area is 126 Å². The molecule has 0 radical (unpaired) electrons. The molecule has 1 heterocycles. The lowest BCUT2D eigenvalue weighted by molar-refractivity contribution is 0.0952. The van der Waals surface area contributed by atoms with Gasteiger partial charge in [-0.25, -0.2) is 5.43 Å². The molecular formula is C14H13ClN2O2S. The number of thiophene rings is 1. The fraction of sp³-hybridized carbons (Fsp3) is 0.143. The smallest absolute Gasteiger partial charge is 0.275 e. The van der Waals surface area contributed by atoms with E-state index in [9.17, 15) is 4.79 Å². The van der Waals surface area contributed by atoms with Gasteiger partial charge in [-0.15, -0.1) is 11.3 Å². The fourth-order valence-electron chi connectivity index (χ4n) is 1.60. The van der Waals surface area contributed by atoms with Crippen molar-refractivity contribution in [2.75, 3.05) is 7.11 Å². The van der Waals surface area contributed by atoms with Gasteiger partial charge in [0.25, 0.3) is 5.91 Å². The van der Waals surface area contributed by atoms with Crippen LogP contribution in [0.1, 0.15) is 20.8 Å². The van der Waals surface area contributed by atoms with Crippen LogP contribution in [0.4, 0.5) is 0 Å². The molecule has 0 fully saturated rings. The number of methoxy groups -OCH3 is 1. The summed E-state index contributed by atoms with van der Waals surface area (Å²) in [5.41, 5.74) is 3.93. The van der Waals surface area contributed by atoms with Crippen molar-refractivity contribution in [3.05, 3.63) is 50.7 Å². The van der Waals surface area contributed by atoms with E-state index in [4.69, 9.17) is 16.3 Å². The molecule has 0 aliphatic carbocycles. The molecule has 0 atom stereocenters. The Morgan fingerprint density at radius 3 is 2.85 bits per heavy atom. The number of halogens is 1. The second-order valence-corrected chi connectivity index (χ2v) is 5.79. The van der Waals surface area contributed by atoms with E-state index < -0.39 is 0 Å². The number of hydrogen-bond acceptors (Lipinski definition) is 4. The predicted octanol–water partition coefficient (Wildman–Crippen LogP) is 3.48. The van der Waals surface area contributed by atoms with Crippen molar-refractivity contribution in [3.8, 4) is 5.75 Å². The minimum Gasteiger partial charge on any atom is -0.496 e. The van der Waals surface area contributed by atoms with Crippen LogP contribution in [-0.4, -0.2) is 19.2 Å². The molecule has 2 rings (SSSR count). The number of hydrogen-bond donors (Lipinski definition) is 1. The number of carbonyl (C=O) groups is 1. The molecule has 1 aromatic heterocycles. The number of amides is 1. The van der Waals surface area contributed by atoms with E-state index >= 15 is 0 Å². The minimum atomic E-state index is -0.319. The third-order valence-corrected chi connectivity index (χ3v) is 3.72. The van der Waals surface area contributed by atoms with Crippen LogP contribution in [0.15, 0.2) is 35.4 Å². The molecule has 20 heavy (non-hydrogen) atoms. The van der Waals surface area contributed by atoms with Gasteiger partial charge in [-0.05, 0) is 36.8 Å². The van der Waals surface area contributed by atoms with Crippen LogP contribution in [0.3, 0.4) is 0 Å². The maximum atomic E-state index is 12.0. The van der Waals surface area contributed by atoms with E-state index in [2.05, 4.69) is 10.5 Å². The molecule has 1 N–H and O–H groups in total. The van der Waals surface area contributed by atoms with E-state index in [0.717, 1.165) is 10.4 Å². The molecule has 0 saturated heterocycles. The van der Waals surface area contributed by atoms with Crippen LogP contribution in [0.25, 0.3) is 0 Å². The van der Waals surface area contributed by atoms with Crippen molar-refractivity contribution in [1.29, 1.82) is 0 Å². The second kappa shape index (κ2) is 6.54. The fourth-order valence-corrected chi connectivity index (χ4v) is 2.53. The third kappa shape index (κ3) is 3.59. The lowest BCUT2D eigenvalue weighted by Crippen LogP contribution is -2.18. The van der Waals surface area contributed by atoms with Gasteiger partial charge in [0.2, 0.25) is 0 Å². The second-order valence-electron chi connectivity index (χ2n) is 4.04. The Morgan fingerprint density at radius 2 is 2.20 bits per heavy atom. The molecule has 1 amide bonds. The van der Waals surface area contributed by atoms with Crippen LogP contribution in [-0.2, 0) is 0 Å². The summed E-state index contributed by atoms with van der Waals surface area (Å²) < 4.78 is 5.87. The topological polar surface area (TPSA) is 50.7 Å². The lowest BCUT2D eigenvalue weighted by Gasteiger charge is -2.07. The number of carbonyl (C=O) groups excluding carboxylic acids is 1. The molecule has 6 heteroatoms. The van der Waals surface area contributed by atoms with Gasteiger partial charge in [-0.2, -0.15) is 5.10 Å². The maximum absolute atomic E-state index is 12.0. The van der Waals surface area contributed by atoms with E-state index in [0.29, 0.717) is 15.6 Å². The molecule has 0 unspecified atom stereocenters. The van der Waals surface area contributed by atoms with Crippen LogP contribution >= 0.6 is 22.9 Å². The molecule has 0 aliphatic rings. The van der Waals surface area contributed by atoms with E-state index in [1.165, 1.54) is 18.4 Å². The van der Waals surface area contributed by atoms with E-state index in [1.807, 2.05) is 19.1 Å². The summed E-state index contributed by atoms with van der Waals surface area (Å²) in [6, 6.07) is 8.96. The standard InChI is InChI=1S/C14H13ClN2O2S/c1-9-3-5-11(12(7-9)19-2)14(18)17-16-8-10-4-6-13(15)20-10/h3-8H,1-2H3,(H,17,18). The largest absolute Gasteiger partial charge is 0.496 e. The number of hydrazone groups is 1. The van der Waals surface area contributed by atoms with Gasteiger partial charge in [0.15, 0.2) is 0 Å². The van der Waals surface area contributed by atoms with E-state index in [1.54, 1.807) is 24.4 Å². The van der Waals surface area contributed by atoms with Crippen LogP contribution < -0.4 is 10.2 Å². The predicted molar refractivity (Wildman–Crippen MR) is 82.1 cm³/mol. The Balaban J connectivity index is 2.07. The first-order valence-corrected chi connectivity index (χ1v) is 7.03. The van der Waals surface area contributed by atoms with Crippen molar-refractivity contribution >= 4 is 35.1 Å². The number of nitrogens with one attached hydrogen (secondary N) is 1. The Morgan fingerprint density at radius 1 is 1.40 bits per heavy atom. The maximum Gasteiger partial charge on any atom is 0.275 e. The van der Waals surface area contributed by atoms with Crippen molar-refractivity contribution in [1.82, 2.24) is 5.43 Å². The first-order chi connectivity index (χ1) is 9.60. The highest BCUT2D eigenvalue weighted by Gasteiger charge is 2.11. The molecular weight excluding hydrogens is 296 g/mol. The van der Waals surface area contributed by atoms with Gasteiger partial charge in [0.1, 0.15) is 5.75 Å². The zero-order valence-corrected chi connectivity index (χ0v) is 12.6. The van der Waals surface area contributed by atoms with Crippen molar-refractivity contribution in [3.63, 3.8) is 0 Å². The van der Waals surface area contributed by atoms with E-state index in [-0.39, 0.29) is 5.91 Å². The Bertz CT molecular complexity index is 652. The lowest BCUT2D eigenvalue weighted by atomic mass is 10.1. The Hall–Kier alpha value is -1.85. The molecule has 1 aromatic carbocycles. The minimum absolute atomic E-state index is 0.319. The summed E-state index contributed by atoms with van der Waals surface area (Å²) in [5, 5.41) is 3.90. The highest BCUT2D eigenvalue weighted by atomic mass is 35.5. The molecule has 0 saturated carbocycles. The van der Waals surface area contributed by atoms with Crippen molar-refractivity contribution in [2.24, 2.45) is 5.10 Å². The monoisotopic (exact) mass is 308 g/mol. The summed E-state index contributed by atoms with van der Waals surface area (Å²) in [4.78, 5) is 12.9. The highest BCUT2D eigenvalue weighted by molar-refractivity contribution is 7.17. The zero-order valence-electron chi connectivity index (χ0n) is 11.0. The molecule has 4 nitrogen and oxygen atoms in total. The number of rotatable bonds is 4. The SMILES string of the molecule is COc1cc(C)ccc1C(=O)NN=Cc1ccc(Cl)s1. The number of nitrogens with zero attached hydrogens (tertiary/aromatic N) is 1. The summed E-state index contributed by atoms with van der Waals surface area (Å²) in [5.74, 6) is 0.206. The van der Waals surface area contributed by atoms with Crippen LogP contribution in [0, 0.1) is 6.92 Å². The molecule has 0 aliphatic heterocycles. The normalized spacial score (nSPS) is 10.8. The van der Waals surface area contributed by atoms with Crippen molar-refractivity contribution in [2.45, 2.75) is 6.92 Å². The number of benzene rings is 1.